The predicted octanol–water partition coefficient (Wildman–Crippen LogP) is 2.81. The van der Waals surface area contributed by atoms with Crippen LogP contribution in [0.5, 0.6) is 0 Å². The number of esters is 1. The molecule has 1 saturated carbocycles. The number of likely N-dealkylation sites (N-methyl/N-ethyl adjacent to an activating group) is 1. The molecule has 0 unspecified atom stereocenters. The average Bonchev–Trinajstić information content (AvgIpc) is 2.98. The van der Waals surface area contributed by atoms with E-state index >= 15 is 0 Å². The lowest BCUT2D eigenvalue weighted by Crippen LogP contribution is -2.46. The summed E-state index contributed by atoms with van der Waals surface area (Å²) in [5, 5.41) is 5.11. The van der Waals surface area contributed by atoms with Gasteiger partial charge in [0.15, 0.2) is 6.61 Å². The molecule has 1 atom stereocenters. The second-order valence-corrected chi connectivity index (χ2v) is 7.61. The highest BCUT2D eigenvalue weighted by molar-refractivity contribution is 5.91. The Kier molecular flexibility index (Phi) is 8.49. The van der Waals surface area contributed by atoms with Gasteiger partial charge in [0.1, 0.15) is 6.04 Å². The van der Waals surface area contributed by atoms with Gasteiger partial charge in [-0.3, -0.25) is 9.59 Å². The molecule has 0 radical (unpaired) electrons. The highest BCUT2D eigenvalue weighted by Crippen LogP contribution is 2.32. The van der Waals surface area contributed by atoms with Crippen LogP contribution in [0.1, 0.15) is 68.9 Å². The fraction of sp³-hybridized carbons (Fsp3) is 0.591. The summed E-state index contributed by atoms with van der Waals surface area (Å²) >= 11 is 0. The van der Waals surface area contributed by atoms with Crippen molar-refractivity contribution in [2.45, 2.75) is 71.9 Å². The van der Waals surface area contributed by atoms with Crippen LogP contribution in [0.4, 0.5) is 0 Å². The van der Waals surface area contributed by atoms with Crippen molar-refractivity contribution in [1.82, 2.24) is 15.2 Å². The second-order valence-electron chi connectivity index (χ2n) is 7.61. The molecule has 29 heavy (non-hydrogen) atoms. The molecule has 1 fully saturated rings. The molecule has 2 rings (SSSR count). The van der Waals surface area contributed by atoms with Crippen LogP contribution in [-0.2, 0) is 19.1 Å². The summed E-state index contributed by atoms with van der Waals surface area (Å²) in [6.07, 6.45) is 9.31. The van der Waals surface area contributed by atoms with Crippen LogP contribution < -0.4 is 10.6 Å². The average molecular weight is 404 g/mol. The van der Waals surface area contributed by atoms with E-state index in [4.69, 9.17) is 4.74 Å². The number of rotatable bonds is 8. The van der Waals surface area contributed by atoms with E-state index in [0.717, 1.165) is 11.3 Å². The Morgan fingerprint density at radius 3 is 2.59 bits per heavy atom. The number of amides is 2. The van der Waals surface area contributed by atoms with Gasteiger partial charge in [-0.1, -0.05) is 19.3 Å². The number of ether oxygens (including phenoxy) is 1. The van der Waals surface area contributed by atoms with Crippen molar-refractivity contribution in [1.29, 1.82) is 0 Å². The molecule has 2 amide bonds. The number of carbonyl (C=O) groups is 3. The second kappa shape index (κ2) is 10.8. The molecule has 1 heterocycles. The number of nitrogens with one attached hydrogen (secondary N) is 2. The van der Waals surface area contributed by atoms with Crippen molar-refractivity contribution in [2.24, 2.45) is 0 Å². The smallest absolute Gasteiger partial charge is 0.331 e. The largest absolute Gasteiger partial charge is 0.452 e. The van der Waals surface area contributed by atoms with Crippen LogP contribution in [-0.4, -0.2) is 41.5 Å². The van der Waals surface area contributed by atoms with Gasteiger partial charge in [0.25, 0.3) is 5.91 Å². The number of hydrogen-bond donors (Lipinski definition) is 2. The maximum Gasteiger partial charge on any atom is 0.331 e. The van der Waals surface area contributed by atoms with Crippen molar-refractivity contribution in [3.63, 3.8) is 0 Å². The van der Waals surface area contributed by atoms with E-state index in [2.05, 4.69) is 35.1 Å². The summed E-state index contributed by atoms with van der Waals surface area (Å²) in [4.78, 5) is 35.4. The Morgan fingerprint density at radius 2 is 1.93 bits per heavy atom. The Balaban J connectivity index is 1.87. The van der Waals surface area contributed by atoms with Crippen LogP contribution in [0.15, 0.2) is 12.1 Å². The van der Waals surface area contributed by atoms with Crippen LogP contribution in [0.2, 0.25) is 0 Å². The SMILES string of the molecule is CCNC(=O)[C@@H](C)NC(=O)COC(=O)/C=C/c1cc(C)n(C2CCCCC2)c1C. The standard InChI is InChI=1S/C22H33N3O4/c1-5-23-22(28)16(3)24-20(26)14-29-21(27)12-11-18-13-15(2)25(17(18)4)19-9-7-6-8-10-19/h11-13,16,19H,5-10,14H2,1-4H3,(H,23,28)(H,24,26)/b12-11+/t16-/m1/s1. The monoisotopic (exact) mass is 403 g/mol. The fourth-order valence-corrected chi connectivity index (χ4v) is 3.89. The third-order valence-electron chi connectivity index (χ3n) is 5.33. The summed E-state index contributed by atoms with van der Waals surface area (Å²) in [6, 6.07) is 1.93. The van der Waals surface area contributed by atoms with Crippen molar-refractivity contribution >= 4 is 23.9 Å². The summed E-state index contributed by atoms with van der Waals surface area (Å²) in [6.45, 7) is 7.61. The van der Waals surface area contributed by atoms with Crippen LogP contribution >= 0.6 is 0 Å². The van der Waals surface area contributed by atoms with Gasteiger partial charge in [0.05, 0.1) is 0 Å². The zero-order valence-electron chi connectivity index (χ0n) is 17.9. The molecule has 2 N–H and O–H groups in total. The van der Waals surface area contributed by atoms with Crippen molar-refractivity contribution in [3.8, 4) is 0 Å². The van der Waals surface area contributed by atoms with E-state index < -0.39 is 24.5 Å². The minimum Gasteiger partial charge on any atom is -0.452 e. The Morgan fingerprint density at radius 1 is 1.24 bits per heavy atom. The lowest BCUT2D eigenvalue weighted by molar-refractivity contribution is -0.144. The molecule has 0 aliphatic heterocycles. The third kappa shape index (κ3) is 6.48. The first-order valence-corrected chi connectivity index (χ1v) is 10.4. The van der Waals surface area contributed by atoms with E-state index in [9.17, 15) is 14.4 Å². The van der Waals surface area contributed by atoms with Gasteiger partial charge in [-0.25, -0.2) is 4.79 Å². The first-order chi connectivity index (χ1) is 13.8. The van der Waals surface area contributed by atoms with Crippen LogP contribution in [0.3, 0.4) is 0 Å². The maximum absolute atomic E-state index is 12.0. The Bertz CT molecular complexity index is 760. The zero-order chi connectivity index (χ0) is 21.4. The number of aryl methyl sites for hydroxylation is 1. The Labute approximate surface area is 172 Å². The Hall–Kier alpha value is -2.57. The molecule has 1 aliphatic rings. The van der Waals surface area contributed by atoms with E-state index in [0.29, 0.717) is 12.6 Å². The summed E-state index contributed by atoms with van der Waals surface area (Å²) < 4.78 is 7.36. The first-order valence-electron chi connectivity index (χ1n) is 10.4. The third-order valence-corrected chi connectivity index (χ3v) is 5.33. The van der Waals surface area contributed by atoms with Gasteiger partial charge < -0.3 is 19.9 Å². The molecule has 7 nitrogen and oxygen atoms in total. The van der Waals surface area contributed by atoms with Gasteiger partial charge in [0.2, 0.25) is 5.91 Å². The maximum atomic E-state index is 12.0. The van der Waals surface area contributed by atoms with Crippen LogP contribution in [0.25, 0.3) is 6.08 Å². The predicted molar refractivity (Wildman–Crippen MR) is 112 cm³/mol. The van der Waals surface area contributed by atoms with E-state index in [-0.39, 0.29) is 5.91 Å². The zero-order valence-corrected chi connectivity index (χ0v) is 17.9. The van der Waals surface area contributed by atoms with Crippen molar-refractivity contribution in [2.75, 3.05) is 13.2 Å². The van der Waals surface area contributed by atoms with Gasteiger partial charge in [-0.2, -0.15) is 0 Å². The van der Waals surface area contributed by atoms with Crippen LogP contribution in [0, 0.1) is 13.8 Å². The molecule has 1 aromatic rings. The molecule has 1 aliphatic carbocycles. The van der Waals surface area contributed by atoms with E-state index in [1.165, 1.54) is 43.9 Å². The fourth-order valence-electron chi connectivity index (χ4n) is 3.89. The first kappa shape index (κ1) is 22.7. The molecule has 1 aromatic heterocycles. The summed E-state index contributed by atoms with van der Waals surface area (Å²) in [7, 11) is 0. The van der Waals surface area contributed by atoms with Crippen molar-refractivity contribution in [3.05, 3.63) is 29.1 Å². The topological polar surface area (TPSA) is 89.4 Å². The number of hydrogen-bond acceptors (Lipinski definition) is 4. The van der Waals surface area contributed by atoms with Gasteiger partial charge in [0, 0.05) is 30.1 Å². The highest BCUT2D eigenvalue weighted by atomic mass is 16.5. The molecule has 7 heteroatoms. The summed E-state index contributed by atoms with van der Waals surface area (Å²) in [5.41, 5.74) is 3.33. The molecular formula is C22H33N3O4. The molecule has 0 bridgehead atoms. The lowest BCUT2D eigenvalue weighted by Gasteiger charge is -2.26. The minimum absolute atomic E-state index is 0.277. The molecule has 0 spiro atoms. The number of nitrogens with zero attached hydrogens (tertiary/aromatic N) is 1. The van der Waals surface area contributed by atoms with Gasteiger partial charge >= 0.3 is 5.97 Å². The van der Waals surface area contributed by atoms with Crippen molar-refractivity contribution < 1.29 is 19.1 Å². The quantitative estimate of drug-likeness (QED) is 0.516. The molecular weight excluding hydrogens is 370 g/mol. The molecule has 0 saturated heterocycles. The van der Waals surface area contributed by atoms with Gasteiger partial charge in [-0.05, 0) is 58.2 Å². The van der Waals surface area contributed by atoms with Gasteiger partial charge in [-0.15, -0.1) is 0 Å². The molecule has 160 valence electrons. The number of carbonyl (C=O) groups excluding carboxylic acids is 3. The highest BCUT2D eigenvalue weighted by Gasteiger charge is 2.19. The number of aromatic nitrogens is 1. The minimum atomic E-state index is -0.679. The van der Waals surface area contributed by atoms with E-state index in [1.54, 1.807) is 19.9 Å². The summed E-state index contributed by atoms with van der Waals surface area (Å²) in [5.74, 6) is -1.38. The lowest BCUT2D eigenvalue weighted by atomic mass is 9.95. The normalized spacial score (nSPS) is 15.9. The molecule has 0 aromatic carbocycles. The van der Waals surface area contributed by atoms with E-state index in [1.807, 2.05) is 0 Å².